The molecule has 0 radical (unpaired) electrons. The molecule has 0 atom stereocenters. The number of pyridine rings is 1. The van der Waals surface area contributed by atoms with Crippen molar-refractivity contribution in [3.63, 3.8) is 0 Å². The lowest BCUT2D eigenvalue weighted by Crippen LogP contribution is -2.24. The Hall–Kier alpha value is -1.05. The molecule has 0 N–H and O–H groups in total. The third-order valence-electron chi connectivity index (χ3n) is 2.70. The number of aryl methyl sites for hydroxylation is 2. The van der Waals surface area contributed by atoms with Crippen LogP contribution in [0.15, 0.2) is 12.1 Å². The maximum Gasteiger partial charge on any atom is 0.123 e. The molecule has 1 heterocycles. The van der Waals surface area contributed by atoms with E-state index in [1.54, 1.807) is 0 Å². The van der Waals surface area contributed by atoms with Crippen molar-refractivity contribution in [3.8, 4) is 5.75 Å². The van der Waals surface area contributed by atoms with Crippen LogP contribution in [0.5, 0.6) is 5.75 Å². The second-order valence-electron chi connectivity index (χ2n) is 3.96. The van der Waals surface area contributed by atoms with E-state index in [0.717, 1.165) is 23.6 Å². The van der Waals surface area contributed by atoms with Gasteiger partial charge >= 0.3 is 0 Å². The van der Waals surface area contributed by atoms with Crippen molar-refractivity contribution >= 4 is 0 Å². The number of ether oxygens (including phenoxy) is 1. The average Bonchev–Trinajstić information content (AvgIpc) is 2.25. The molecule has 2 nitrogen and oxygen atoms in total. The van der Waals surface area contributed by atoms with Gasteiger partial charge in [-0.1, -0.05) is 20.8 Å². The van der Waals surface area contributed by atoms with E-state index in [0.29, 0.717) is 6.10 Å². The fourth-order valence-electron chi connectivity index (χ4n) is 1.63. The quantitative estimate of drug-likeness (QED) is 0.772. The van der Waals surface area contributed by atoms with Crippen LogP contribution in [-0.2, 0) is 6.42 Å². The third kappa shape index (κ3) is 3.51. The molecule has 2 heteroatoms. The van der Waals surface area contributed by atoms with E-state index in [9.17, 15) is 0 Å². The molecule has 1 aliphatic rings. The van der Waals surface area contributed by atoms with Crippen LogP contribution in [0.1, 0.15) is 51.4 Å². The van der Waals surface area contributed by atoms with Gasteiger partial charge in [-0.2, -0.15) is 0 Å². The van der Waals surface area contributed by atoms with E-state index in [1.807, 2.05) is 26.8 Å². The fourth-order valence-corrected chi connectivity index (χ4v) is 1.63. The van der Waals surface area contributed by atoms with Crippen LogP contribution in [0.25, 0.3) is 0 Å². The van der Waals surface area contributed by atoms with E-state index in [2.05, 4.69) is 18.0 Å². The van der Waals surface area contributed by atoms with Crippen molar-refractivity contribution in [1.29, 1.82) is 0 Å². The van der Waals surface area contributed by atoms with Gasteiger partial charge in [-0.05, 0) is 32.6 Å². The van der Waals surface area contributed by atoms with Gasteiger partial charge in [0, 0.05) is 23.5 Å². The first-order valence-electron chi connectivity index (χ1n) is 6.42. The maximum absolute atomic E-state index is 5.83. The normalized spacial score (nSPS) is 14.8. The lowest BCUT2D eigenvalue weighted by atomic mass is 9.96. The minimum Gasteiger partial charge on any atom is -0.490 e. The SMILES string of the molecule is CC.CCc1cc(OC2CCC2)cc(C)n1. The molecule has 16 heavy (non-hydrogen) atoms. The van der Waals surface area contributed by atoms with Crippen molar-refractivity contribution < 1.29 is 4.74 Å². The predicted octanol–water partition coefficient (Wildman–Crippen LogP) is 3.91. The van der Waals surface area contributed by atoms with Gasteiger partial charge in [0.05, 0.1) is 6.10 Å². The summed E-state index contributed by atoms with van der Waals surface area (Å²) in [6.07, 6.45) is 5.17. The third-order valence-corrected chi connectivity index (χ3v) is 2.70. The van der Waals surface area contributed by atoms with Gasteiger partial charge in [0.1, 0.15) is 5.75 Å². The zero-order valence-corrected chi connectivity index (χ0v) is 10.9. The molecule has 1 aromatic heterocycles. The summed E-state index contributed by atoms with van der Waals surface area (Å²) in [7, 11) is 0. The van der Waals surface area contributed by atoms with Crippen molar-refractivity contribution in [2.45, 2.75) is 59.5 Å². The van der Waals surface area contributed by atoms with Crippen LogP contribution in [0.3, 0.4) is 0 Å². The van der Waals surface area contributed by atoms with Crippen LogP contribution in [0.2, 0.25) is 0 Å². The van der Waals surface area contributed by atoms with Gasteiger partial charge in [-0.3, -0.25) is 4.98 Å². The zero-order valence-electron chi connectivity index (χ0n) is 10.9. The summed E-state index contributed by atoms with van der Waals surface area (Å²) in [5, 5.41) is 0. The highest BCUT2D eigenvalue weighted by Gasteiger charge is 2.19. The van der Waals surface area contributed by atoms with Crippen LogP contribution in [0, 0.1) is 6.92 Å². The first-order chi connectivity index (χ1) is 7.78. The molecule has 1 aromatic rings. The Labute approximate surface area is 99.0 Å². The van der Waals surface area contributed by atoms with E-state index in [-0.39, 0.29) is 0 Å². The molecule has 0 amide bonds. The van der Waals surface area contributed by atoms with E-state index >= 15 is 0 Å². The second-order valence-corrected chi connectivity index (χ2v) is 3.96. The van der Waals surface area contributed by atoms with Gasteiger partial charge in [0.2, 0.25) is 0 Å². The van der Waals surface area contributed by atoms with E-state index < -0.39 is 0 Å². The summed E-state index contributed by atoms with van der Waals surface area (Å²) in [5.74, 6) is 0.999. The molecule has 0 aromatic carbocycles. The van der Waals surface area contributed by atoms with Gasteiger partial charge in [0.15, 0.2) is 0 Å². The van der Waals surface area contributed by atoms with Gasteiger partial charge < -0.3 is 4.74 Å². The first kappa shape index (κ1) is 13.0. The molecule has 0 aliphatic heterocycles. The topological polar surface area (TPSA) is 22.1 Å². The Morgan fingerprint density at radius 1 is 1.31 bits per heavy atom. The average molecular weight is 221 g/mol. The van der Waals surface area contributed by atoms with Gasteiger partial charge in [-0.25, -0.2) is 0 Å². The number of rotatable bonds is 3. The molecule has 90 valence electrons. The fraction of sp³-hybridized carbons (Fsp3) is 0.643. The van der Waals surface area contributed by atoms with Crippen molar-refractivity contribution in [2.75, 3.05) is 0 Å². The Bertz CT molecular complexity index is 319. The molecule has 2 rings (SSSR count). The van der Waals surface area contributed by atoms with E-state index in [1.165, 1.54) is 19.3 Å². The summed E-state index contributed by atoms with van der Waals surface area (Å²) in [6, 6.07) is 4.09. The Balaban J connectivity index is 0.000000606. The molecule has 0 unspecified atom stereocenters. The smallest absolute Gasteiger partial charge is 0.123 e. The lowest BCUT2D eigenvalue weighted by Gasteiger charge is -2.26. The van der Waals surface area contributed by atoms with Crippen LogP contribution >= 0.6 is 0 Å². The minimum atomic E-state index is 0.460. The highest BCUT2D eigenvalue weighted by Crippen LogP contribution is 2.25. The van der Waals surface area contributed by atoms with Crippen molar-refractivity contribution in [3.05, 3.63) is 23.5 Å². The number of aromatic nitrogens is 1. The Morgan fingerprint density at radius 3 is 2.50 bits per heavy atom. The molecule has 1 fully saturated rings. The maximum atomic E-state index is 5.83. The Kier molecular flexibility index (Phi) is 5.30. The molecule has 1 aliphatic carbocycles. The predicted molar refractivity (Wildman–Crippen MR) is 68.0 cm³/mol. The standard InChI is InChI=1S/C12H17NO.C2H6/c1-3-10-8-12(7-9(2)13-10)14-11-5-4-6-11;1-2/h7-8,11H,3-6H2,1-2H3;1-2H3. The molecular weight excluding hydrogens is 198 g/mol. The number of hydrogen-bond donors (Lipinski definition) is 0. The minimum absolute atomic E-state index is 0.460. The van der Waals surface area contributed by atoms with Gasteiger partial charge in [0.25, 0.3) is 0 Å². The number of hydrogen-bond acceptors (Lipinski definition) is 2. The number of nitrogens with zero attached hydrogens (tertiary/aromatic N) is 1. The van der Waals surface area contributed by atoms with Crippen LogP contribution in [0.4, 0.5) is 0 Å². The van der Waals surface area contributed by atoms with Crippen LogP contribution < -0.4 is 4.74 Å². The summed E-state index contributed by atoms with van der Waals surface area (Å²) >= 11 is 0. The van der Waals surface area contributed by atoms with Crippen molar-refractivity contribution in [1.82, 2.24) is 4.98 Å². The monoisotopic (exact) mass is 221 g/mol. The van der Waals surface area contributed by atoms with Gasteiger partial charge in [-0.15, -0.1) is 0 Å². The molecule has 0 spiro atoms. The first-order valence-corrected chi connectivity index (χ1v) is 6.42. The highest BCUT2D eigenvalue weighted by molar-refractivity contribution is 5.27. The highest BCUT2D eigenvalue weighted by atomic mass is 16.5. The lowest BCUT2D eigenvalue weighted by molar-refractivity contribution is 0.120. The summed E-state index contributed by atoms with van der Waals surface area (Å²) < 4.78 is 5.83. The molecule has 0 saturated heterocycles. The summed E-state index contributed by atoms with van der Waals surface area (Å²) in [5.41, 5.74) is 2.18. The summed E-state index contributed by atoms with van der Waals surface area (Å²) in [6.45, 7) is 8.14. The second kappa shape index (κ2) is 6.51. The van der Waals surface area contributed by atoms with Crippen molar-refractivity contribution in [2.24, 2.45) is 0 Å². The van der Waals surface area contributed by atoms with E-state index in [4.69, 9.17) is 4.74 Å². The largest absolute Gasteiger partial charge is 0.490 e. The molecule has 1 saturated carbocycles. The Morgan fingerprint density at radius 2 is 2.00 bits per heavy atom. The molecular formula is C14H23NO. The zero-order chi connectivity index (χ0) is 12.0. The summed E-state index contributed by atoms with van der Waals surface area (Å²) in [4.78, 5) is 4.42. The molecule has 0 bridgehead atoms. The van der Waals surface area contributed by atoms with Crippen LogP contribution in [-0.4, -0.2) is 11.1 Å².